The number of H-pyrrole nitrogens is 1. The number of thiol groups is 2. The Hall–Kier alpha value is -2.41. The maximum absolute atomic E-state index is 16.3. The zero-order chi connectivity index (χ0) is 29.6. The highest BCUT2D eigenvalue weighted by Gasteiger charge is 2.59. The summed E-state index contributed by atoms with van der Waals surface area (Å²) in [6.07, 6.45) is -4.05. The topological polar surface area (TPSA) is 224 Å². The molecule has 0 spiro atoms. The second-order valence-corrected chi connectivity index (χ2v) is 16.5. The Morgan fingerprint density at radius 1 is 1.05 bits per heavy atom. The first-order valence-corrected chi connectivity index (χ1v) is 18.0. The molecule has 7 rings (SSSR count). The van der Waals surface area contributed by atoms with Crippen LogP contribution in [0.5, 0.6) is 0 Å². The molecule has 10 atom stereocenters. The molecule has 1 saturated carbocycles. The number of nitrogens with zero attached hydrogens (tertiary/aromatic N) is 7. The molecule has 0 aromatic carbocycles. The maximum Gasteiger partial charge on any atom is 0.386 e. The van der Waals surface area contributed by atoms with Gasteiger partial charge >= 0.3 is 6.80 Å². The average molecular weight is 662 g/mol. The molecule has 2 unspecified atom stereocenters. The van der Waals surface area contributed by atoms with Crippen LogP contribution in [0.15, 0.2) is 30.1 Å². The maximum atomic E-state index is 16.3. The Labute approximate surface area is 244 Å². The second-order valence-electron chi connectivity index (χ2n) is 9.97. The minimum Gasteiger partial charge on any atom is -0.388 e. The standard InChI is InChI=1S/C20H22FN9O8P2S2/c21-10-15-9(36-20(10)30-6-27-11-16(22)23-3-24-17(11)30)2-35-40(34,42)38-14-7(1-8(13(14)31)37-39(15,33)41)29-5-28-12-18(29)25-4-26-19(12)32/h3-10,13-15,20,31H,1-2H2,(H,33,41)(H,34,42)(H2,22,23,24)(H,25,26,32)/t7-,8+,9-,10-,13-,14+,15-,20-,39?,40?/m1/s1. The molecule has 42 heavy (non-hydrogen) atoms. The number of aromatic nitrogens is 8. The number of nitrogens with one attached hydrogen (secondary N) is 1. The van der Waals surface area contributed by atoms with Crippen molar-refractivity contribution in [1.82, 2.24) is 39.0 Å². The van der Waals surface area contributed by atoms with Gasteiger partial charge in [0, 0.05) is 6.42 Å². The lowest BCUT2D eigenvalue weighted by molar-refractivity contribution is -0.0358. The molecule has 22 heteroatoms. The number of anilines is 1. The van der Waals surface area contributed by atoms with Gasteiger partial charge in [-0.25, -0.2) is 33.9 Å². The third kappa shape index (κ3) is 4.51. The van der Waals surface area contributed by atoms with Gasteiger partial charge in [0.05, 0.1) is 43.8 Å². The van der Waals surface area contributed by atoms with Crippen LogP contribution in [0.3, 0.4) is 0 Å². The van der Waals surface area contributed by atoms with Crippen LogP contribution in [0.25, 0.3) is 22.3 Å². The van der Waals surface area contributed by atoms with Crippen LogP contribution < -0.4 is 11.3 Å². The lowest BCUT2D eigenvalue weighted by atomic mass is 10.2. The molecule has 6 heterocycles. The molecule has 2 bridgehead atoms. The van der Waals surface area contributed by atoms with Gasteiger partial charge < -0.3 is 29.7 Å². The Balaban J connectivity index is 1.26. The summed E-state index contributed by atoms with van der Waals surface area (Å²) >= 11 is 8.35. The van der Waals surface area contributed by atoms with Crippen molar-refractivity contribution in [2.45, 2.75) is 54.9 Å². The number of nitrogens with two attached hydrogens (primary N) is 1. The first-order chi connectivity index (χ1) is 19.9. The minimum atomic E-state index is -4.28. The number of halogens is 1. The molecule has 4 N–H and O–H groups in total. The number of hydrogen-bond acceptors (Lipinski definition) is 14. The van der Waals surface area contributed by atoms with Crippen LogP contribution in [0, 0.1) is 0 Å². The molecule has 1 aliphatic carbocycles. The van der Waals surface area contributed by atoms with Crippen molar-refractivity contribution in [1.29, 1.82) is 0 Å². The molecule has 3 fully saturated rings. The number of aliphatic hydroxyl groups is 1. The molecule has 2 saturated heterocycles. The predicted molar refractivity (Wildman–Crippen MR) is 149 cm³/mol. The van der Waals surface area contributed by atoms with Gasteiger partial charge in [-0.1, -0.05) is 24.5 Å². The van der Waals surface area contributed by atoms with E-state index in [0.717, 1.165) is 0 Å². The third-order valence-electron chi connectivity index (χ3n) is 7.57. The summed E-state index contributed by atoms with van der Waals surface area (Å²) < 4.78 is 69.4. The van der Waals surface area contributed by atoms with E-state index < -0.39 is 74.1 Å². The van der Waals surface area contributed by atoms with Crippen molar-refractivity contribution >= 4 is 66.0 Å². The van der Waals surface area contributed by atoms with E-state index in [9.17, 15) is 19.0 Å². The van der Waals surface area contributed by atoms with Gasteiger partial charge in [-0.2, -0.15) is 0 Å². The molecule has 3 aliphatic rings. The van der Waals surface area contributed by atoms with Crippen molar-refractivity contribution in [2.24, 2.45) is 0 Å². The van der Waals surface area contributed by atoms with Crippen LogP contribution >= 0.6 is 37.9 Å². The lowest BCUT2D eigenvalue weighted by Crippen LogP contribution is -2.35. The third-order valence-corrected chi connectivity index (χ3v) is 12.2. The summed E-state index contributed by atoms with van der Waals surface area (Å²) in [5.74, 6) is 0.0619. The Morgan fingerprint density at radius 2 is 1.79 bits per heavy atom. The monoisotopic (exact) mass is 661 g/mol. The van der Waals surface area contributed by atoms with E-state index >= 15 is 4.39 Å². The number of rotatable bonds is 2. The van der Waals surface area contributed by atoms with Gasteiger partial charge in [-0.3, -0.25) is 23.0 Å². The summed E-state index contributed by atoms with van der Waals surface area (Å²) in [6.45, 7) is -9.13. The van der Waals surface area contributed by atoms with E-state index in [0.29, 0.717) is 0 Å². The largest absolute Gasteiger partial charge is 0.388 e. The van der Waals surface area contributed by atoms with Gasteiger partial charge in [-0.05, 0) is 0 Å². The fraction of sp³-hybridized carbons (Fsp3) is 0.500. The molecule has 4 aromatic rings. The first-order valence-electron chi connectivity index (χ1n) is 12.4. The van der Waals surface area contributed by atoms with Gasteiger partial charge in [0.15, 0.2) is 35.0 Å². The molecular formula is C20H22FN9O8P2S2. The van der Waals surface area contributed by atoms with Crippen LogP contribution in [0.4, 0.5) is 10.2 Å². The number of nitrogen functional groups attached to an aromatic ring is 1. The fourth-order valence-corrected chi connectivity index (χ4v) is 10.2. The molecular weight excluding hydrogens is 639 g/mol. The number of imidazole rings is 2. The highest BCUT2D eigenvalue weighted by atomic mass is 32.7. The number of aliphatic hydroxyl groups excluding tert-OH is 1. The Bertz CT molecular complexity index is 1860. The summed E-state index contributed by atoms with van der Waals surface area (Å²) in [5.41, 5.74) is 4.32. The molecule has 224 valence electrons. The van der Waals surface area contributed by atoms with Crippen LogP contribution in [0.2, 0.25) is 0 Å². The number of ether oxygens (including phenoxy) is 1. The average Bonchev–Trinajstić information content (AvgIpc) is 3.69. The fourth-order valence-electron chi connectivity index (χ4n) is 5.69. The van der Waals surface area contributed by atoms with Gasteiger partial charge in [0.1, 0.15) is 29.7 Å². The molecule has 17 nitrogen and oxygen atoms in total. The SMILES string of the molecule is Nc1ncnc2c1ncn2[C@@H]1O[C@@H]2COP(=O)(S)O[C@@H]3[C@H](O)[C@H](C[C@H]3n3cnc4c(=O)[nH]cnc43)OP(=O)(S)[C@H]2[C@H]1F. The van der Waals surface area contributed by atoms with Crippen LogP contribution in [0.1, 0.15) is 18.7 Å². The van der Waals surface area contributed by atoms with E-state index in [4.69, 9.17) is 24.0 Å². The van der Waals surface area contributed by atoms with E-state index in [1.165, 1.54) is 34.4 Å². The van der Waals surface area contributed by atoms with E-state index in [-0.39, 0.29) is 34.6 Å². The zero-order valence-corrected chi connectivity index (χ0v) is 24.6. The Morgan fingerprint density at radius 3 is 2.60 bits per heavy atom. The molecule has 2 aliphatic heterocycles. The van der Waals surface area contributed by atoms with Gasteiger partial charge in [-0.15, -0.1) is 0 Å². The zero-order valence-electron chi connectivity index (χ0n) is 21.0. The molecule has 4 aromatic heterocycles. The summed E-state index contributed by atoms with van der Waals surface area (Å²) in [5, 5.41) is 11.2. The Kier molecular flexibility index (Phi) is 6.80. The number of hydrogen-bond donors (Lipinski definition) is 5. The number of fused-ring (bicyclic) bond motifs is 5. The summed E-state index contributed by atoms with van der Waals surface area (Å²) in [6, 6.07) is -0.881. The quantitative estimate of drug-likeness (QED) is 0.151. The summed E-state index contributed by atoms with van der Waals surface area (Å²) in [7, 11) is 0. The van der Waals surface area contributed by atoms with Crippen molar-refractivity contribution in [3.05, 3.63) is 35.7 Å². The lowest BCUT2D eigenvalue weighted by Gasteiger charge is -2.28. The number of alkyl halides is 1. The normalized spacial score (nSPS) is 39.0. The van der Waals surface area contributed by atoms with Crippen molar-refractivity contribution in [2.75, 3.05) is 12.3 Å². The predicted octanol–water partition coefficient (Wildman–Crippen LogP) is 1.41. The smallest absolute Gasteiger partial charge is 0.386 e. The van der Waals surface area contributed by atoms with Gasteiger partial charge in [0.2, 0.25) is 0 Å². The first kappa shape index (κ1) is 28.4. The van der Waals surface area contributed by atoms with E-state index in [2.05, 4.69) is 54.4 Å². The second kappa shape index (κ2) is 10.1. The number of aromatic amines is 1. The summed E-state index contributed by atoms with van der Waals surface area (Å²) in [4.78, 5) is 34.9. The van der Waals surface area contributed by atoms with E-state index in [1.54, 1.807) is 0 Å². The highest BCUT2D eigenvalue weighted by molar-refractivity contribution is 8.46. The highest BCUT2D eigenvalue weighted by Crippen LogP contribution is 2.67. The van der Waals surface area contributed by atoms with Crippen molar-refractivity contribution in [3.8, 4) is 0 Å². The van der Waals surface area contributed by atoms with Crippen molar-refractivity contribution in [3.63, 3.8) is 0 Å². The van der Waals surface area contributed by atoms with Crippen LogP contribution in [-0.2, 0) is 27.4 Å². The van der Waals surface area contributed by atoms with Crippen LogP contribution in [-0.4, -0.2) is 87.0 Å². The molecule has 0 amide bonds. The van der Waals surface area contributed by atoms with Gasteiger partial charge in [0.25, 0.3) is 12.1 Å². The minimum absolute atomic E-state index is 0.0118. The van der Waals surface area contributed by atoms with Crippen molar-refractivity contribution < 1.29 is 36.9 Å². The van der Waals surface area contributed by atoms with E-state index in [1.807, 2.05) is 0 Å². The molecule has 0 radical (unpaired) electrons.